The minimum Gasteiger partial charge on any atom is -0.481 e. The van der Waals surface area contributed by atoms with E-state index >= 15 is 0 Å². The van der Waals surface area contributed by atoms with Crippen LogP contribution in [-0.4, -0.2) is 29.8 Å². The van der Waals surface area contributed by atoms with Crippen LogP contribution >= 0.6 is 0 Å². The Balaban J connectivity index is 2.42. The molecule has 6 heteroatoms. The summed E-state index contributed by atoms with van der Waals surface area (Å²) in [5.74, 6) is -2.27. The minimum absolute atomic E-state index is 0.0809. The van der Waals surface area contributed by atoms with E-state index in [-0.39, 0.29) is 12.3 Å². The number of halogens is 2. The van der Waals surface area contributed by atoms with Gasteiger partial charge >= 0.3 is 0 Å². The summed E-state index contributed by atoms with van der Waals surface area (Å²) < 4.78 is 30.7. The zero-order valence-electron chi connectivity index (χ0n) is 10.9. The number of aliphatic hydroxyl groups is 1. The van der Waals surface area contributed by atoms with Crippen molar-refractivity contribution in [1.29, 1.82) is 0 Å². The van der Waals surface area contributed by atoms with Crippen molar-refractivity contribution in [2.45, 2.75) is 25.9 Å². The molecule has 0 aliphatic carbocycles. The van der Waals surface area contributed by atoms with Crippen molar-refractivity contribution in [1.82, 2.24) is 5.32 Å². The third-order valence-corrected chi connectivity index (χ3v) is 2.68. The smallest absolute Gasteiger partial charge is 0.258 e. The molecule has 0 aliphatic rings. The van der Waals surface area contributed by atoms with Gasteiger partial charge in [0.15, 0.2) is 18.2 Å². The Morgan fingerprint density at radius 1 is 1.47 bits per heavy atom. The van der Waals surface area contributed by atoms with Crippen LogP contribution in [0, 0.1) is 11.6 Å². The molecule has 0 aromatic heterocycles. The van der Waals surface area contributed by atoms with Crippen LogP contribution in [0.5, 0.6) is 5.75 Å². The maximum atomic E-state index is 13.2. The number of carbonyl (C=O) groups is 1. The molecule has 2 N–H and O–H groups in total. The van der Waals surface area contributed by atoms with Crippen molar-refractivity contribution in [3.8, 4) is 5.75 Å². The summed E-state index contributed by atoms with van der Waals surface area (Å²) in [5.41, 5.74) is -0.989. The average molecular weight is 273 g/mol. The lowest BCUT2D eigenvalue weighted by molar-refractivity contribution is -0.124. The van der Waals surface area contributed by atoms with Crippen molar-refractivity contribution in [3.63, 3.8) is 0 Å². The maximum absolute atomic E-state index is 13.2. The van der Waals surface area contributed by atoms with Crippen molar-refractivity contribution < 1.29 is 23.4 Å². The first kappa shape index (κ1) is 15.4. The molecule has 1 atom stereocenters. The monoisotopic (exact) mass is 273 g/mol. The molecular formula is C13H17F2NO3. The standard InChI is InChI=1S/C13H17F2NO3/c1-3-13(2,18)8-16-12(17)7-19-11-5-4-9(14)6-10(11)15/h4-6,18H,3,7-8H2,1-2H3,(H,16,17). The minimum atomic E-state index is -0.989. The molecule has 1 unspecified atom stereocenters. The van der Waals surface area contributed by atoms with Gasteiger partial charge in [0, 0.05) is 12.6 Å². The number of hydrogen-bond donors (Lipinski definition) is 2. The molecule has 0 saturated carbocycles. The van der Waals surface area contributed by atoms with E-state index < -0.39 is 29.7 Å². The zero-order chi connectivity index (χ0) is 14.5. The van der Waals surface area contributed by atoms with Crippen LogP contribution in [0.4, 0.5) is 8.78 Å². The van der Waals surface area contributed by atoms with Crippen molar-refractivity contribution in [2.24, 2.45) is 0 Å². The normalized spacial score (nSPS) is 13.7. The number of amides is 1. The van der Waals surface area contributed by atoms with Gasteiger partial charge in [-0.3, -0.25) is 4.79 Å². The number of carbonyl (C=O) groups excluding carboxylic acids is 1. The van der Waals surface area contributed by atoms with Gasteiger partial charge in [0.05, 0.1) is 5.60 Å². The number of hydrogen-bond acceptors (Lipinski definition) is 3. The second-order valence-electron chi connectivity index (χ2n) is 4.49. The van der Waals surface area contributed by atoms with Crippen LogP contribution in [0.1, 0.15) is 20.3 Å². The van der Waals surface area contributed by atoms with Crippen LogP contribution in [0.15, 0.2) is 18.2 Å². The largest absolute Gasteiger partial charge is 0.481 e. The van der Waals surface area contributed by atoms with E-state index in [1.165, 1.54) is 0 Å². The lowest BCUT2D eigenvalue weighted by atomic mass is 10.0. The van der Waals surface area contributed by atoms with Gasteiger partial charge in [0.25, 0.3) is 5.91 Å². The highest BCUT2D eigenvalue weighted by Crippen LogP contribution is 2.17. The summed E-state index contributed by atoms with van der Waals surface area (Å²) >= 11 is 0. The molecule has 1 rings (SSSR count). The van der Waals surface area contributed by atoms with Gasteiger partial charge in [0.1, 0.15) is 5.82 Å². The summed E-state index contributed by atoms with van der Waals surface area (Å²) in [6, 6.07) is 2.83. The predicted octanol–water partition coefficient (Wildman–Crippen LogP) is 1.62. The fraction of sp³-hybridized carbons (Fsp3) is 0.462. The second-order valence-corrected chi connectivity index (χ2v) is 4.49. The van der Waals surface area contributed by atoms with E-state index in [0.717, 1.165) is 12.1 Å². The number of ether oxygens (including phenoxy) is 1. The SMILES string of the molecule is CCC(C)(O)CNC(=O)COc1ccc(F)cc1F. The third kappa shape index (κ3) is 5.21. The topological polar surface area (TPSA) is 58.6 Å². The molecule has 0 fully saturated rings. The van der Waals surface area contributed by atoms with E-state index in [1.807, 2.05) is 0 Å². The van der Waals surface area contributed by atoms with Gasteiger partial charge < -0.3 is 15.2 Å². The molecule has 1 amide bonds. The van der Waals surface area contributed by atoms with Gasteiger partial charge in [-0.2, -0.15) is 0 Å². The number of nitrogens with one attached hydrogen (secondary N) is 1. The Labute approximate surface area is 110 Å². The molecule has 0 aliphatic heterocycles. The molecule has 0 saturated heterocycles. The van der Waals surface area contributed by atoms with E-state index in [4.69, 9.17) is 4.74 Å². The van der Waals surface area contributed by atoms with Gasteiger partial charge in [-0.15, -0.1) is 0 Å². The Bertz CT molecular complexity index is 450. The summed E-state index contributed by atoms with van der Waals surface area (Å²) in [6.07, 6.45) is 0.487. The second kappa shape index (κ2) is 6.47. The molecular weight excluding hydrogens is 256 g/mol. The molecule has 1 aromatic carbocycles. The Morgan fingerprint density at radius 2 is 2.16 bits per heavy atom. The Hall–Kier alpha value is -1.69. The molecule has 0 spiro atoms. The molecule has 19 heavy (non-hydrogen) atoms. The highest BCUT2D eigenvalue weighted by molar-refractivity contribution is 5.77. The highest BCUT2D eigenvalue weighted by atomic mass is 19.1. The quantitative estimate of drug-likeness (QED) is 0.828. The maximum Gasteiger partial charge on any atom is 0.258 e. The van der Waals surface area contributed by atoms with E-state index in [1.54, 1.807) is 13.8 Å². The molecule has 0 radical (unpaired) electrons. The summed E-state index contributed by atoms with van der Waals surface area (Å²) in [4.78, 5) is 11.4. The van der Waals surface area contributed by atoms with Gasteiger partial charge in [-0.05, 0) is 25.5 Å². The first-order valence-corrected chi connectivity index (χ1v) is 5.91. The Kier molecular flexibility index (Phi) is 5.23. The summed E-state index contributed by atoms with van der Waals surface area (Å²) in [7, 11) is 0. The lowest BCUT2D eigenvalue weighted by Gasteiger charge is -2.21. The van der Waals surface area contributed by atoms with E-state index in [2.05, 4.69) is 5.32 Å². The van der Waals surface area contributed by atoms with Crippen molar-refractivity contribution in [3.05, 3.63) is 29.8 Å². The number of rotatable bonds is 6. The van der Waals surface area contributed by atoms with Crippen LogP contribution in [-0.2, 0) is 4.79 Å². The highest BCUT2D eigenvalue weighted by Gasteiger charge is 2.18. The zero-order valence-corrected chi connectivity index (χ0v) is 10.9. The van der Waals surface area contributed by atoms with Gasteiger partial charge in [-0.1, -0.05) is 6.92 Å². The average Bonchev–Trinajstić information content (AvgIpc) is 2.35. The van der Waals surface area contributed by atoms with Crippen LogP contribution in [0.2, 0.25) is 0 Å². The lowest BCUT2D eigenvalue weighted by Crippen LogP contribution is -2.41. The van der Waals surface area contributed by atoms with Crippen molar-refractivity contribution >= 4 is 5.91 Å². The molecule has 4 nitrogen and oxygen atoms in total. The summed E-state index contributed by atoms with van der Waals surface area (Å²) in [5, 5.41) is 12.1. The molecule has 0 bridgehead atoms. The third-order valence-electron chi connectivity index (χ3n) is 2.68. The molecule has 1 aromatic rings. The van der Waals surface area contributed by atoms with E-state index in [9.17, 15) is 18.7 Å². The number of benzene rings is 1. The predicted molar refractivity (Wildman–Crippen MR) is 65.8 cm³/mol. The fourth-order valence-corrected chi connectivity index (χ4v) is 1.20. The van der Waals surface area contributed by atoms with Gasteiger partial charge in [-0.25, -0.2) is 8.78 Å². The van der Waals surface area contributed by atoms with Crippen LogP contribution < -0.4 is 10.1 Å². The molecule has 0 heterocycles. The van der Waals surface area contributed by atoms with Crippen LogP contribution in [0.25, 0.3) is 0 Å². The first-order chi connectivity index (χ1) is 8.84. The van der Waals surface area contributed by atoms with Crippen LogP contribution in [0.3, 0.4) is 0 Å². The Morgan fingerprint density at radius 3 is 2.74 bits per heavy atom. The first-order valence-electron chi connectivity index (χ1n) is 5.91. The van der Waals surface area contributed by atoms with Crippen molar-refractivity contribution in [2.75, 3.05) is 13.2 Å². The van der Waals surface area contributed by atoms with Gasteiger partial charge in [0.2, 0.25) is 0 Å². The fourth-order valence-electron chi connectivity index (χ4n) is 1.20. The van der Waals surface area contributed by atoms with E-state index in [0.29, 0.717) is 12.5 Å². The molecule has 106 valence electrons. The summed E-state index contributed by atoms with van der Waals surface area (Å²) in [6.45, 7) is 3.06.